The highest BCUT2D eigenvalue weighted by atomic mass is 28.5. The maximum atomic E-state index is 6.06. The van der Waals surface area contributed by atoms with Crippen LogP contribution in [0.3, 0.4) is 0 Å². The second kappa shape index (κ2) is 8.60. The molecule has 1 aliphatic rings. The van der Waals surface area contributed by atoms with Gasteiger partial charge in [0.15, 0.2) is 0 Å². The standard InChI is InChI=1S/C9H28O7Si5/c1-8-10-20(6)13-17(3)12-18(4)14-21(7,11-9-2)16-19(5)15-20/h17-19H,8-9H2,1-7H3. The Morgan fingerprint density at radius 3 is 1.38 bits per heavy atom. The molecule has 1 rings (SSSR count). The minimum absolute atomic E-state index is 0.550. The van der Waals surface area contributed by atoms with E-state index in [1.165, 1.54) is 0 Å². The van der Waals surface area contributed by atoms with Gasteiger partial charge in [-0.25, -0.2) is 0 Å². The van der Waals surface area contributed by atoms with Crippen molar-refractivity contribution in [2.75, 3.05) is 13.2 Å². The molecule has 12 heteroatoms. The molecule has 1 fully saturated rings. The molecular formula is C9H28O7Si5. The van der Waals surface area contributed by atoms with Gasteiger partial charge in [-0.2, -0.15) is 0 Å². The van der Waals surface area contributed by atoms with Crippen molar-refractivity contribution in [3.8, 4) is 0 Å². The van der Waals surface area contributed by atoms with E-state index in [1.54, 1.807) is 0 Å². The molecule has 7 nitrogen and oxygen atoms in total. The van der Waals surface area contributed by atoms with Crippen molar-refractivity contribution in [3.63, 3.8) is 0 Å². The van der Waals surface area contributed by atoms with Crippen LogP contribution in [-0.2, 0) is 29.4 Å². The average molecular weight is 389 g/mol. The molecule has 4 unspecified atom stereocenters. The molecule has 0 spiro atoms. The van der Waals surface area contributed by atoms with Gasteiger partial charge >= 0.3 is 45.5 Å². The SMILES string of the molecule is CCO[Si]1(C)O[SiH](C)O[SiH](C)O[Si](C)(OCC)O[SiH](C)O1. The molecule has 1 saturated heterocycles. The van der Waals surface area contributed by atoms with Crippen LogP contribution in [0.25, 0.3) is 0 Å². The summed E-state index contributed by atoms with van der Waals surface area (Å²) in [7, 11) is -11.1. The Kier molecular flexibility index (Phi) is 8.13. The van der Waals surface area contributed by atoms with Crippen molar-refractivity contribution in [3.05, 3.63) is 0 Å². The Hall–Kier alpha value is 0.804. The highest BCUT2D eigenvalue weighted by Crippen LogP contribution is 2.20. The van der Waals surface area contributed by atoms with Gasteiger partial charge in [-0.1, -0.05) is 0 Å². The minimum Gasteiger partial charge on any atom is -0.420 e. The summed E-state index contributed by atoms with van der Waals surface area (Å²) in [6.45, 7) is 14.7. The van der Waals surface area contributed by atoms with Crippen molar-refractivity contribution in [2.24, 2.45) is 0 Å². The minimum atomic E-state index is -2.71. The lowest BCUT2D eigenvalue weighted by atomic mass is 10.9. The highest BCUT2D eigenvalue weighted by molar-refractivity contribution is 6.80. The molecule has 126 valence electrons. The Morgan fingerprint density at radius 2 is 1.05 bits per heavy atom. The lowest BCUT2D eigenvalue weighted by Crippen LogP contribution is -2.58. The van der Waals surface area contributed by atoms with Crippen LogP contribution in [0.5, 0.6) is 0 Å². The smallest absolute Gasteiger partial charge is 0.420 e. The van der Waals surface area contributed by atoms with Gasteiger partial charge in [0, 0.05) is 26.3 Å². The summed E-state index contributed by atoms with van der Waals surface area (Å²) in [5.74, 6) is 0. The average Bonchev–Trinajstić information content (AvgIpc) is 2.25. The first-order chi connectivity index (χ1) is 9.72. The van der Waals surface area contributed by atoms with Gasteiger partial charge in [-0.3, -0.25) is 0 Å². The van der Waals surface area contributed by atoms with Gasteiger partial charge in [-0.05, 0) is 33.5 Å². The van der Waals surface area contributed by atoms with Crippen LogP contribution in [0.2, 0.25) is 32.7 Å². The summed E-state index contributed by atoms with van der Waals surface area (Å²) in [6, 6.07) is 0. The predicted molar refractivity (Wildman–Crippen MR) is 91.0 cm³/mol. The van der Waals surface area contributed by atoms with Crippen LogP contribution < -0.4 is 0 Å². The third-order valence-corrected chi connectivity index (χ3v) is 19.6. The van der Waals surface area contributed by atoms with Gasteiger partial charge < -0.3 is 29.4 Å². The van der Waals surface area contributed by atoms with E-state index >= 15 is 0 Å². The fraction of sp³-hybridized carbons (Fsp3) is 1.00. The largest absolute Gasteiger partial charge is 0.479 e. The number of rotatable bonds is 4. The molecule has 0 radical (unpaired) electrons. The van der Waals surface area contributed by atoms with E-state index in [4.69, 9.17) is 29.4 Å². The zero-order valence-corrected chi connectivity index (χ0v) is 19.5. The topological polar surface area (TPSA) is 64.6 Å². The van der Waals surface area contributed by atoms with Crippen molar-refractivity contribution < 1.29 is 29.4 Å². The quantitative estimate of drug-likeness (QED) is 0.661. The molecule has 21 heavy (non-hydrogen) atoms. The van der Waals surface area contributed by atoms with E-state index in [-0.39, 0.29) is 0 Å². The maximum absolute atomic E-state index is 6.06. The first kappa shape index (κ1) is 19.9. The van der Waals surface area contributed by atoms with Gasteiger partial charge in [0.1, 0.15) is 0 Å². The van der Waals surface area contributed by atoms with Crippen LogP contribution in [0.15, 0.2) is 0 Å². The summed E-state index contributed by atoms with van der Waals surface area (Å²) in [4.78, 5) is 0. The van der Waals surface area contributed by atoms with Crippen LogP contribution in [0.4, 0.5) is 0 Å². The van der Waals surface area contributed by atoms with Crippen molar-refractivity contribution >= 4 is 45.5 Å². The lowest BCUT2D eigenvalue weighted by molar-refractivity contribution is 0.127. The Bertz CT molecular complexity index is 299. The molecule has 0 aromatic carbocycles. The third-order valence-electron chi connectivity index (χ3n) is 2.72. The Labute approximate surface area is 135 Å². The maximum Gasteiger partial charge on any atom is 0.479 e. The predicted octanol–water partition coefficient (Wildman–Crippen LogP) is 0.844. The third kappa shape index (κ3) is 6.84. The van der Waals surface area contributed by atoms with Gasteiger partial charge in [0.2, 0.25) is 0 Å². The lowest BCUT2D eigenvalue weighted by Gasteiger charge is -2.38. The van der Waals surface area contributed by atoms with E-state index in [0.717, 1.165) is 0 Å². The fourth-order valence-electron chi connectivity index (χ4n) is 2.27. The second-order valence-electron chi connectivity index (χ2n) is 4.90. The number of hydrogen-bond donors (Lipinski definition) is 0. The molecule has 0 aromatic rings. The second-order valence-corrected chi connectivity index (χ2v) is 17.2. The van der Waals surface area contributed by atoms with Crippen LogP contribution >= 0.6 is 0 Å². The van der Waals surface area contributed by atoms with Gasteiger partial charge in [0.25, 0.3) is 0 Å². The first-order valence-corrected chi connectivity index (χ1v) is 18.1. The van der Waals surface area contributed by atoms with E-state index in [2.05, 4.69) is 0 Å². The number of hydrogen-bond acceptors (Lipinski definition) is 7. The summed E-state index contributed by atoms with van der Waals surface area (Å²) in [5.41, 5.74) is 0. The van der Waals surface area contributed by atoms with E-state index in [1.807, 2.05) is 46.6 Å². The Balaban J connectivity index is 2.91. The highest BCUT2D eigenvalue weighted by Gasteiger charge is 2.46. The molecular weight excluding hydrogens is 361 g/mol. The van der Waals surface area contributed by atoms with Gasteiger partial charge in [0.05, 0.1) is 0 Å². The molecule has 1 heterocycles. The molecule has 0 aromatic heterocycles. The van der Waals surface area contributed by atoms with Crippen molar-refractivity contribution in [1.29, 1.82) is 0 Å². The summed E-state index contributed by atoms with van der Waals surface area (Å²) < 4.78 is 41.6. The van der Waals surface area contributed by atoms with E-state index in [9.17, 15) is 0 Å². The van der Waals surface area contributed by atoms with Crippen LogP contribution in [0.1, 0.15) is 13.8 Å². The molecule has 0 saturated carbocycles. The van der Waals surface area contributed by atoms with Crippen LogP contribution in [0, 0.1) is 0 Å². The first-order valence-electron chi connectivity index (χ1n) is 7.36. The molecule has 1 aliphatic heterocycles. The van der Waals surface area contributed by atoms with Gasteiger partial charge in [-0.15, -0.1) is 0 Å². The monoisotopic (exact) mass is 388 g/mol. The molecule has 0 amide bonds. The molecule has 0 N–H and O–H groups in total. The molecule has 0 bridgehead atoms. The zero-order chi connectivity index (χ0) is 16.1. The Morgan fingerprint density at radius 1 is 0.714 bits per heavy atom. The van der Waals surface area contributed by atoms with Crippen LogP contribution in [-0.4, -0.2) is 58.7 Å². The molecule has 4 atom stereocenters. The van der Waals surface area contributed by atoms with Crippen molar-refractivity contribution in [1.82, 2.24) is 0 Å². The normalized spacial score (nSPS) is 42.7. The fourth-order valence-corrected chi connectivity index (χ4v) is 19.7. The van der Waals surface area contributed by atoms with Crippen molar-refractivity contribution in [2.45, 2.75) is 46.6 Å². The van der Waals surface area contributed by atoms with E-state index in [0.29, 0.717) is 13.2 Å². The zero-order valence-electron chi connectivity index (χ0n) is 14.0. The summed E-state index contributed by atoms with van der Waals surface area (Å²) in [5, 5.41) is 0. The molecule has 0 aliphatic carbocycles. The van der Waals surface area contributed by atoms with E-state index < -0.39 is 45.5 Å². The summed E-state index contributed by atoms with van der Waals surface area (Å²) in [6.07, 6.45) is 0. The summed E-state index contributed by atoms with van der Waals surface area (Å²) >= 11 is 0.